The topological polar surface area (TPSA) is 17.1 Å². The average Bonchev–Trinajstić information content (AvgIpc) is 1.98. The van der Waals surface area contributed by atoms with Crippen LogP contribution in [-0.2, 0) is 4.79 Å². The summed E-state index contributed by atoms with van der Waals surface area (Å²) in [5, 5.41) is 0.398. The van der Waals surface area contributed by atoms with Gasteiger partial charge in [-0.25, -0.2) is 0 Å². The minimum Gasteiger partial charge on any atom is -0.294 e. The van der Waals surface area contributed by atoms with Crippen LogP contribution in [0.25, 0.3) is 0 Å². The van der Waals surface area contributed by atoms with Crippen LogP contribution in [-0.4, -0.2) is 5.78 Å². The van der Waals surface area contributed by atoms with Crippen LogP contribution in [0.1, 0.15) is 13.3 Å². The largest absolute Gasteiger partial charge is 0.294 e. The van der Waals surface area contributed by atoms with Gasteiger partial charge in [0.15, 0.2) is 5.78 Å². The third-order valence-electron chi connectivity index (χ3n) is 1.14. The molecule has 0 aliphatic rings. The van der Waals surface area contributed by atoms with E-state index in [-0.39, 0.29) is 5.78 Å². The van der Waals surface area contributed by atoms with Gasteiger partial charge in [0.25, 0.3) is 0 Å². The first-order chi connectivity index (χ1) is 5.07. The van der Waals surface area contributed by atoms with Crippen molar-refractivity contribution in [1.82, 2.24) is 0 Å². The molecule has 0 aliphatic heterocycles. The molecule has 0 radical (unpaired) electrons. The minimum absolute atomic E-state index is 0.0270. The van der Waals surface area contributed by atoms with Crippen molar-refractivity contribution in [2.24, 2.45) is 0 Å². The zero-order valence-corrected chi connectivity index (χ0v) is 7.32. The van der Waals surface area contributed by atoms with Crippen molar-refractivity contribution in [3.05, 3.63) is 35.9 Å². The second-order valence-corrected chi connectivity index (χ2v) is 2.57. The predicted molar refractivity (Wildman–Crippen MR) is 48.6 cm³/mol. The van der Waals surface area contributed by atoms with Crippen LogP contribution in [0.3, 0.4) is 0 Å². The Morgan fingerprint density at radius 2 is 2.00 bits per heavy atom. The average molecular weight is 171 g/mol. The van der Waals surface area contributed by atoms with Gasteiger partial charge in [-0.1, -0.05) is 37.8 Å². The van der Waals surface area contributed by atoms with Gasteiger partial charge in [0, 0.05) is 17.0 Å². The monoisotopic (exact) mass is 170 g/mol. The van der Waals surface area contributed by atoms with E-state index in [1.54, 1.807) is 19.1 Å². The Kier molecular flexibility index (Phi) is 4.55. The number of carbonyl (C=O) groups excluding carboxylic acids is 1. The lowest BCUT2D eigenvalue weighted by Crippen LogP contribution is -1.95. The van der Waals surface area contributed by atoms with Crippen molar-refractivity contribution in [3.63, 3.8) is 0 Å². The molecule has 1 nitrogen and oxygen atoms in total. The van der Waals surface area contributed by atoms with Crippen molar-refractivity contribution in [2.45, 2.75) is 13.3 Å². The highest BCUT2D eigenvalue weighted by atomic mass is 35.5. The highest BCUT2D eigenvalue weighted by Crippen LogP contribution is 2.03. The van der Waals surface area contributed by atoms with Crippen LogP contribution < -0.4 is 0 Å². The molecule has 0 bridgehead atoms. The number of allylic oxidation sites excluding steroid dienone is 4. The maximum absolute atomic E-state index is 10.9. The summed E-state index contributed by atoms with van der Waals surface area (Å²) in [5.41, 5.74) is 0.467. The normalized spacial score (nSPS) is 10.0. The second kappa shape index (κ2) is 4.91. The van der Waals surface area contributed by atoms with Crippen molar-refractivity contribution in [3.8, 4) is 0 Å². The van der Waals surface area contributed by atoms with Gasteiger partial charge in [-0.05, 0) is 6.08 Å². The standard InChI is InChI=1S/C9H11ClO/c1-4-9(11)7(2)5-6-8(3)10/h5-6H,2-4H2,1H3. The van der Waals surface area contributed by atoms with Crippen LogP contribution in [0.5, 0.6) is 0 Å². The summed E-state index contributed by atoms with van der Waals surface area (Å²) in [6, 6.07) is 0. The van der Waals surface area contributed by atoms with Gasteiger partial charge < -0.3 is 0 Å². The van der Waals surface area contributed by atoms with Gasteiger partial charge in [-0.15, -0.1) is 0 Å². The number of hydrogen-bond acceptors (Lipinski definition) is 1. The quantitative estimate of drug-likeness (QED) is 0.469. The molecular weight excluding hydrogens is 160 g/mol. The fourth-order valence-corrected chi connectivity index (χ4v) is 0.574. The zero-order valence-electron chi connectivity index (χ0n) is 6.56. The molecule has 0 heterocycles. The number of halogens is 1. The van der Waals surface area contributed by atoms with E-state index < -0.39 is 0 Å². The molecule has 0 spiro atoms. The number of hydrogen-bond donors (Lipinski definition) is 0. The third-order valence-corrected chi connectivity index (χ3v) is 1.27. The molecule has 0 aliphatic carbocycles. The van der Waals surface area contributed by atoms with Crippen molar-refractivity contribution in [2.75, 3.05) is 0 Å². The van der Waals surface area contributed by atoms with Crippen LogP contribution >= 0.6 is 11.6 Å². The number of ketones is 1. The van der Waals surface area contributed by atoms with Crippen molar-refractivity contribution >= 4 is 17.4 Å². The molecule has 0 saturated carbocycles. The van der Waals surface area contributed by atoms with Gasteiger partial charge in [-0.2, -0.15) is 0 Å². The Hall–Kier alpha value is -0.820. The first-order valence-electron chi connectivity index (χ1n) is 3.32. The Morgan fingerprint density at radius 3 is 2.36 bits per heavy atom. The molecule has 0 aromatic heterocycles. The Labute approximate surface area is 72.1 Å². The van der Waals surface area contributed by atoms with Crippen molar-refractivity contribution < 1.29 is 4.79 Å². The summed E-state index contributed by atoms with van der Waals surface area (Å²) in [7, 11) is 0. The maximum atomic E-state index is 10.9. The van der Waals surface area contributed by atoms with E-state index in [9.17, 15) is 4.79 Å². The van der Waals surface area contributed by atoms with Crippen molar-refractivity contribution in [1.29, 1.82) is 0 Å². The summed E-state index contributed by atoms with van der Waals surface area (Å²) in [6.45, 7) is 8.79. The first kappa shape index (κ1) is 10.2. The van der Waals surface area contributed by atoms with Crippen LogP contribution in [0.4, 0.5) is 0 Å². The van der Waals surface area contributed by atoms with Crippen LogP contribution in [0, 0.1) is 0 Å². The number of rotatable bonds is 4. The molecule has 0 amide bonds. The minimum atomic E-state index is 0.0270. The van der Waals surface area contributed by atoms with Crippen LogP contribution in [0.2, 0.25) is 0 Å². The Balaban J connectivity index is 4.08. The lowest BCUT2D eigenvalue weighted by molar-refractivity contribution is -0.114. The summed E-state index contributed by atoms with van der Waals surface area (Å²) in [5.74, 6) is 0.0270. The zero-order chi connectivity index (χ0) is 8.85. The SMILES string of the molecule is C=C(Cl)C=CC(=C)C(=O)CC. The molecule has 0 fully saturated rings. The summed E-state index contributed by atoms with van der Waals surface area (Å²) in [4.78, 5) is 10.9. The van der Waals surface area contributed by atoms with E-state index in [4.69, 9.17) is 11.6 Å². The number of carbonyl (C=O) groups is 1. The van der Waals surface area contributed by atoms with E-state index >= 15 is 0 Å². The van der Waals surface area contributed by atoms with Gasteiger partial charge in [0.1, 0.15) is 0 Å². The second-order valence-electron chi connectivity index (χ2n) is 2.08. The van der Waals surface area contributed by atoms with Gasteiger partial charge in [0.05, 0.1) is 0 Å². The molecule has 0 saturated heterocycles. The molecular formula is C9H11ClO. The fraction of sp³-hybridized carbons (Fsp3) is 0.222. The highest BCUT2D eigenvalue weighted by Gasteiger charge is 1.98. The van der Waals surface area contributed by atoms with Gasteiger partial charge in [-0.3, -0.25) is 4.79 Å². The lowest BCUT2D eigenvalue weighted by Gasteiger charge is -1.92. The van der Waals surface area contributed by atoms with Gasteiger partial charge in [0.2, 0.25) is 0 Å². The summed E-state index contributed by atoms with van der Waals surface area (Å²) >= 11 is 5.44. The van der Waals surface area contributed by atoms with E-state index in [0.29, 0.717) is 17.0 Å². The predicted octanol–water partition coefficient (Wildman–Crippen LogP) is 2.83. The maximum Gasteiger partial charge on any atom is 0.162 e. The Bertz CT molecular complexity index is 214. The molecule has 2 heteroatoms. The molecule has 60 valence electrons. The highest BCUT2D eigenvalue weighted by molar-refractivity contribution is 6.30. The lowest BCUT2D eigenvalue weighted by atomic mass is 10.1. The fourth-order valence-electron chi connectivity index (χ4n) is 0.511. The first-order valence-corrected chi connectivity index (χ1v) is 3.70. The molecule has 0 unspecified atom stereocenters. The molecule has 0 N–H and O–H groups in total. The van der Waals surface area contributed by atoms with E-state index in [2.05, 4.69) is 13.2 Å². The third kappa shape index (κ3) is 4.57. The van der Waals surface area contributed by atoms with E-state index in [1.807, 2.05) is 0 Å². The molecule has 11 heavy (non-hydrogen) atoms. The van der Waals surface area contributed by atoms with Gasteiger partial charge >= 0.3 is 0 Å². The molecule has 0 aromatic carbocycles. The molecule has 0 atom stereocenters. The van der Waals surface area contributed by atoms with E-state index in [0.717, 1.165) is 0 Å². The van der Waals surface area contributed by atoms with E-state index in [1.165, 1.54) is 0 Å². The summed E-state index contributed by atoms with van der Waals surface area (Å²) in [6.07, 6.45) is 3.59. The molecule has 0 aromatic rings. The smallest absolute Gasteiger partial charge is 0.162 e. The molecule has 0 rings (SSSR count). The number of Topliss-reactive ketones (excluding diaryl/α,β-unsaturated/α-hetero) is 1. The Morgan fingerprint density at radius 1 is 1.45 bits per heavy atom. The summed E-state index contributed by atoms with van der Waals surface area (Å²) < 4.78 is 0. The van der Waals surface area contributed by atoms with Crippen LogP contribution in [0.15, 0.2) is 35.9 Å².